The number of benzene rings is 1. The first-order valence-electron chi connectivity index (χ1n) is 5.31. The summed E-state index contributed by atoms with van der Waals surface area (Å²) in [5.74, 6) is 0.871. The number of imidazole rings is 1. The van der Waals surface area contributed by atoms with Gasteiger partial charge >= 0.3 is 0 Å². The number of fused-ring (bicyclic) bond motifs is 3. The van der Waals surface area contributed by atoms with Crippen molar-refractivity contribution in [1.29, 1.82) is 0 Å². The van der Waals surface area contributed by atoms with Crippen molar-refractivity contribution in [2.75, 3.05) is 7.11 Å². The van der Waals surface area contributed by atoms with Crippen LogP contribution in [-0.2, 0) is 0 Å². The maximum absolute atomic E-state index is 5.26. The van der Waals surface area contributed by atoms with Crippen LogP contribution in [0.5, 0.6) is 5.75 Å². The van der Waals surface area contributed by atoms with Crippen molar-refractivity contribution in [3.8, 4) is 5.75 Å². The molecular weight excluding hydrogens is 280 g/mol. The Hall–Kier alpha value is -1.55. The molecule has 0 saturated heterocycles. The zero-order chi connectivity index (χ0) is 12.0. The highest BCUT2D eigenvalue weighted by molar-refractivity contribution is 9.10. The van der Waals surface area contributed by atoms with Gasteiger partial charge in [-0.1, -0.05) is 0 Å². The van der Waals surface area contributed by atoms with E-state index in [0.717, 1.165) is 21.5 Å². The number of aromatic nitrogens is 2. The van der Waals surface area contributed by atoms with E-state index in [4.69, 9.17) is 4.74 Å². The van der Waals surface area contributed by atoms with Crippen molar-refractivity contribution in [3.05, 3.63) is 40.6 Å². The molecular formula is C13H11BrN2O. The molecule has 0 aliphatic carbocycles. The molecule has 0 radical (unpaired) electrons. The molecule has 0 saturated carbocycles. The van der Waals surface area contributed by atoms with Crippen molar-refractivity contribution >= 4 is 32.5 Å². The fourth-order valence-electron chi connectivity index (χ4n) is 2.11. The van der Waals surface area contributed by atoms with Gasteiger partial charge in [-0.15, -0.1) is 0 Å². The maximum atomic E-state index is 5.26. The van der Waals surface area contributed by atoms with Crippen LogP contribution in [0, 0.1) is 6.92 Å². The predicted molar refractivity (Wildman–Crippen MR) is 71.7 cm³/mol. The lowest BCUT2D eigenvalue weighted by molar-refractivity contribution is 0.415. The Morgan fingerprint density at radius 2 is 2.12 bits per heavy atom. The highest BCUT2D eigenvalue weighted by Gasteiger charge is 2.08. The average molecular weight is 291 g/mol. The molecule has 0 aliphatic rings. The summed E-state index contributed by atoms with van der Waals surface area (Å²) in [5, 5.41) is 1.18. The van der Waals surface area contributed by atoms with Crippen LogP contribution in [0.1, 0.15) is 5.56 Å². The number of rotatable bonds is 1. The number of hydrogen-bond donors (Lipinski definition) is 0. The number of halogens is 1. The summed E-state index contributed by atoms with van der Waals surface area (Å²) in [5.41, 5.74) is 3.28. The van der Waals surface area contributed by atoms with Crippen molar-refractivity contribution in [1.82, 2.24) is 9.38 Å². The lowest BCUT2D eigenvalue weighted by Gasteiger charge is -2.08. The summed E-state index contributed by atoms with van der Waals surface area (Å²) in [6.07, 6.45) is 1.82. The molecule has 0 spiro atoms. The smallest absolute Gasteiger partial charge is 0.138 e. The van der Waals surface area contributed by atoms with Gasteiger partial charge in [0.05, 0.1) is 18.8 Å². The Labute approximate surface area is 107 Å². The van der Waals surface area contributed by atoms with Crippen LogP contribution in [0.15, 0.2) is 35.1 Å². The van der Waals surface area contributed by atoms with Gasteiger partial charge in [0, 0.05) is 5.39 Å². The van der Waals surface area contributed by atoms with E-state index in [9.17, 15) is 0 Å². The summed E-state index contributed by atoms with van der Waals surface area (Å²) >= 11 is 3.52. The second kappa shape index (κ2) is 3.74. The van der Waals surface area contributed by atoms with Crippen LogP contribution in [0.25, 0.3) is 16.6 Å². The van der Waals surface area contributed by atoms with Crippen LogP contribution < -0.4 is 4.74 Å². The SMILES string of the molecule is COc1ccc2c(c1)c(C)cc1ncc(Br)n12. The minimum atomic E-state index is 0.871. The van der Waals surface area contributed by atoms with E-state index in [-0.39, 0.29) is 0 Å². The molecule has 2 heterocycles. The molecule has 86 valence electrons. The summed E-state index contributed by atoms with van der Waals surface area (Å²) in [4.78, 5) is 4.36. The lowest BCUT2D eigenvalue weighted by Crippen LogP contribution is -1.92. The van der Waals surface area contributed by atoms with E-state index in [2.05, 4.69) is 50.4 Å². The van der Waals surface area contributed by atoms with Gasteiger partial charge in [0.2, 0.25) is 0 Å². The van der Waals surface area contributed by atoms with Crippen LogP contribution in [0.3, 0.4) is 0 Å². The minimum absolute atomic E-state index is 0.871. The van der Waals surface area contributed by atoms with Crippen LogP contribution >= 0.6 is 15.9 Å². The monoisotopic (exact) mass is 290 g/mol. The van der Waals surface area contributed by atoms with Gasteiger partial charge < -0.3 is 4.74 Å². The Morgan fingerprint density at radius 1 is 1.29 bits per heavy atom. The molecule has 3 rings (SSSR count). The third-order valence-corrected chi connectivity index (χ3v) is 3.52. The first-order chi connectivity index (χ1) is 8.20. The number of methoxy groups -OCH3 is 1. The van der Waals surface area contributed by atoms with E-state index in [1.807, 2.05) is 12.3 Å². The lowest BCUT2D eigenvalue weighted by atomic mass is 10.1. The number of nitrogens with zero attached hydrogens (tertiary/aromatic N) is 2. The number of pyridine rings is 1. The van der Waals surface area contributed by atoms with E-state index >= 15 is 0 Å². The molecule has 0 aliphatic heterocycles. The van der Waals surface area contributed by atoms with Gasteiger partial charge in [-0.2, -0.15) is 0 Å². The van der Waals surface area contributed by atoms with Gasteiger partial charge in [-0.25, -0.2) is 4.98 Å². The molecule has 4 heteroatoms. The molecule has 3 aromatic rings. The molecule has 0 bridgehead atoms. The third-order valence-electron chi connectivity index (χ3n) is 2.96. The molecule has 0 unspecified atom stereocenters. The second-order valence-corrected chi connectivity index (χ2v) is 4.80. The summed E-state index contributed by atoms with van der Waals surface area (Å²) in [7, 11) is 1.68. The minimum Gasteiger partial charge on any atom is -0.497 e. The van der Waals surface area contributed by atoms with Gasteiger partial charge in [0.1, 0.15) is 16.0 Å². The van der Waals surface area contributed by atoms with E-state index in [0.29, 0.717) is 0 Å². The number of ether oxygens (including phenoxy) is 1. The Morgan fingerprint density at radius 3 is 2.88 bits per heavy atom. The Bertz CT molecular complexity index is 718. The first kappa shape index (κ1) is 10.6. The molecule has 3 nitrogen and oxygen atoms in total. The standard InChI is InChI=1S/C13H11BrN2O/c1-8-5-13-15-7-12(14)16(13)11-4-3-9(17-2)6-10(8)11/h3-7H,1-2H3. The fraction of sp³-hybridized carbons (Fsp3) is 0.154. The third kappa shape index (κ3) is 1.52. The van der Waals surface area contributed by atoms with Crippen molar-refractivity contribution < 1.29 is 4.74 Å². The molecule has 17 heavy (non-hydrogen) atoms. The maximum Gasteiger partial charge on any atom is 0.138 e. The summed E-state index contributed by atoms with van der Waals surface area (Å²) < 4.78 is 8.31. The van der Waals surface area contributed by atoms with Gasteiger partial charge in [0.25, 0.3) is 0 Å². The molecule has 1 aromatic carbocycles. The van der Waals surface area contributed by atoms with Crippen molar-refractivity contribution in [2.24, 2.45) is 0 Å². The van der Waals surface area contributed by atoms with Crippen LogP contribution in [0.4, 0.5) is 0 Å². The predicted octanol–water partition coefficient (Wildman–Crippen LogP) is 3.57. The van der Waals surface area contributed by atoms with Crippen molar-refractivity contribution in [2.45, 2.75) is 6.92 Å². The quantitative estimate of drug-likeness (QED) is 0.685. The largest absolute Gasteiger partial charge is 0.497 e. The molecule has 0 amide bonds. The zero-order valence-electron chi connectivity index (χ0n) is 9.57. The Kier molecular flexibility index (Phi) is 2.33. The fourth-order valence-corrected chi connectivity index (χ4v) is 2.58. The molecule has 0 N–H and O–H groups in total. The van der Waals surface area contributed by atoms with Crippen molar-refractivity contribution in [3.63, 3.8) is 0 Å². The summed E-state index contributed by atoms with van der Waals surface area (Å²) in [6, 6.07) is 8.15. The number of aryl methyl sites for hydroxylation is 1. The van der Waals surface area contributed by atoms with Gasteiger partial charge in [-0.3, -0.25) is 4.40 Å². The highest BCUT2D eigenvalue weighted by Crippen LogP contribution is 2.27. The first-order valence-corrected chi connectivity index (χ1v) is 6.10. The topological polar surface area (TPSA) is 26.5 Å². The van der Waals surface area contributed by atoms with E-state index in [1.54, 1.807) is 7.11 Å². The summed E-state index contributed by atoms with van der Waals surface area (Å²) in [6.45, 7) is 2.09. The van der Waals surface area contributed by atoms with E-state index in [1.165, 1.54) is 10.9 Å². The van der Waals surface area contributed by atoms with Crippen LogP contribution in [-0.4, -0.2) is 16.5 Å². The van der Waals surface area contributed by atoms with Crippen LogP contribution in [0.2, 0.25) is 0 Å². The molecule has 0 fully saturated rings. The molecule has 2 aromatic heterocycles. The Balaban J connectivity index is 2.52. The molecule has 0 atom stereocenters. The number of hydrogen-bond acceptors (Lipinski definition) is 2. The average Bonchev–Trinajstić information content (AvgIpc) is 2.70. The van der Waals surface area contributed by atoms with Gasteiger partial charge in [0.15, 0.2) is 0 Å². The van der Waals surface area contributed by atoms with E-state index < -0.39 is 0 Å². The second-order valence-electron chi connectivity index (χ2n) is 3.98. The zero-order valence-corrected chi connectivity index (χ0v) is 11.2. The van der Waals surface area contributed by atoms with Gasteiger partial charge in [-0.05, 0) is 52.7 Å². The normalized spacial score (nSPS) is 11.2. The highest BCUT2D eigenvalue weighted by atomic mass is 79.9.